The van der Waals surface area contributed by atoms with Gasteiger partial charge in [0.25, 0.3) is 0 Å². The van der Waals surface area contributed by atoms with Crippen molar-refractivity contribution in [1.29, 1.82) is 0 Å². The quantitative estimate of drug-likeness (QED) is 0.168. The summed E-state index contributed by atoms with van der Waals surface area (Å²) in [5.74, 6) is -1.08. The Hall–Kier alpha value is -3.17. The number of ether oxygens (including phenoxy) is 1. The van der Waals surface area contributed by atoms with E-state index in [9.17, 15) is 23.5 Å². The zero-order chi connectivity index (χ0) is 23.9. The molecular formula is C23H20F2N3O5P. The normalized spacial score (nSPS) is 15.8. The van der Waals surface area contributed by atoms with Crippen molar-refractivity contribution in [3.05, 3.63) is 88.0 Å². The molecule has 0 aromatic heterocycles. The summed E-state index contributed by atoms with van der Waals surface area (Å²) in [6.07, 6.45) is 0. The monoisotopic (exact) mass is 487 g/mol. The Morgan fingerprint density at radius 2 is 1.62 bits per heavy atom. The molecule has 0 radical (unpaired) electrons. The Kier molecular flexibility index (Phi) is 5.91. The largest absolute Gasteiger partial charge is 0.450 e. The Balaban J connectivity index is 1.37. The summed E-state index contributed by atoms with van der Waals surface area (Å²) < 4.78 is 55.9. The highest BCUT2D eigenvalue weighted by atomic mass is 31.2. The van der Waals surface area contributed by atoms with Crippen LogP contribution < -0.4 is 4.74 Å². The maximum Gasteiger partial charge on any atom is 0.346 e. The van der Waals surface area contributed by atoms with Crippen molar-refractivity contribution in [2.24, 2.45) is 0 Å². The van der Waals surface area contributed by atoms with Crippen LogP contribution in [0.25, 0.3) is 11.1 Å². The van der Waals surface area contributed by atoms with Crippen LogP contribution in [0.4, 0.5) is 14.5 Å². The van der Waals surface area contributed by atoms with Crippen LogP contribution in [0.3, 0.4) is 0 Å². The van der Waals surface area contributed by atoms with Crippen LogP contribution in [0, 0.1) is 21.7 Å². The predicted molar refractivity (Wildman–Crippen MR) is 121 cm³/mol. The number of hydrogen-bond acceptors (Lipinski definition) is 5. The number of halogens is 2. The minimum atomic E-state index is -3.04. The molecule has 176 valence electrons. The first-order valence-electron chi connectivity index (χ1n) is 10.6. The minimum absolute atomic E-state index is 0.0174. The molecule has 5 rings (SSSR count). The average molecular weight is 487 g/mol. The summed E-state index contributed by atoms with van der Waals surface area (Å²) in [6.45, 7) is 2.82. The van der Waals surface area contributed by atoms with Crippen molar-refractivity contribution in [3.63, 3.8) is 0 Å². The molecule has 11 heteroatoms. The van der Waals surface area contributed by atoms with Gasteiger partial charge in [0.15, 0.2) is 0 Å². The molecule has 8 nitrogen and oxygen atoms in total. The van der Waals surface area contributed by atoms with Gasteiger partial charge in [-0.1, -0.05) is 12.1 Å². The van der Waals surface area contributed by atoms with Gasteiger partial charge in [-0.05, 0) is 47.5 Å². The molecule has 0 unspecified atom stereocenters. The van der Waals surface area contributed by atoms with E-state index in [0.717, 1.165) is 6.07 Å². The summed E-state index contributed by atoms with van der Waals surface area (Å²) in [7, 11) is -3.04. The molecule has 0 amide bonds. The van der Waals surface area contributed by atoms with Crippen LogP contribution in [0.15, 0.2) is 60.7 Å². The summed E-state index contributed by atoms with van der Waals surface area (Å²) in [6, 6.07) is 13.6. The fraction of sp³-hybridized carbons (Fsp3) is 0.217. The first-order chi connectivity index (χ1) is 16.3. The van der Waals surface area contributed by atoms with Crippen LogP contribution in [0.5, 0.6) is 11.5 Å². The third-order valence-corrected chi connectivity index (χ3v) is 8.20. The van der Waals surface area contributed by atoms with Crippen molar-refractivity contribution in [2.45, 2.75) is 6.61 Å². The molecule has 0 saturated carbocycles. The summed E-state index contributed by atoms with van der Waals surface area (Å²) in [4.78, 5) is 10.9. The second-order valence-electron chi connectivity index (χ2n) is 7.98. The van der Waals surface area contributed by atoms with E-state index in [1.165, 1.54) is 54.6 Å². The number of nitrogens with zero attached hydrogens (tertiary/aromatic N) is 3. The summed E-state index contributed by atoms with van der Waals surface area (Å²) in [5.41, 5.74) is 0.961. The average Bonchev–Trinajstić information content (AvgIpc) is 3.71. The second kappa shape index (κ2) is 8.88. The van der Waals surface area contributed by atoms with Crippen LogP contribution in [-0.4, -0.2) is 40.4 Å². The molecule has 2 heterocycles. The molecule has 2 saturated heterocycles. The van der Waals surface area contributed by atoms with Gasteiger partial charge in [0, 0.05) is 43.9 Å². The Morgan fingerprint density at radius 3 is 2.21 bits per heavy atom. The van der Waals surface area contributed by atoms with Crippen LogP contribution in [-0.2, 0) is 15.7 Å². The fourth-order valence-corrected chi connectivity index (χ4v) is 5.72. The van der Waals surface area contributed by atoms with Gasteiger partial charge in [-0.3, -0.25) is 14.7 Å². The lowest BCUT2D eigenvalue weighted by molar-refractivity contribution is -0.385. The van der Waals surface area contributed by atoms with Crippen molar-refractivity contribution < 1.29 is 27.5 Å². The standard InChI is InChI=1S/C23H20F2N3O5P/c24-18-4-2-17(3-5-18)20-7-6-19(14-21(20)25)33-23-13-16(1-8-22(23)28(29)30)15-32-34(31,26-9-10-26)27-11-12-27/h1-8,13-14H,9-12,15H2. The molecule has 0 atom stereocenters. The van der Waals surface area contributed by atoms with Gasteiger partial charge in [-0.15, -0.1) is 0 Å². The third-order valence-electron chi connectivity index (χ3n) is 5.51. The number of nitro groups is 1. The van der Waals surface area contributed by atoms with Gasteiger partial charge < -0.3 is 9.26 Å². The first-order valence-corrected chi connectivity index (χ1v) is 12.1. The lowest BCUT2D eigenvalue weighted by Crippen LogP contribution is -2.08. The van der Waals surface area contributed by atoms with Crippen molar-refractivity contribution >= 4 is 13.4 Å². The van der Waals surface area contributed by atoms with Crippen molar-refractivity contribution in [3.8, 4) is 22.6 Å². The number of benzene rings is 3. The first kappa shape index (κ1) is 22.6. The van der Waals surface area contributed by atoms with E-state index in [4.69, 9.17) is 9.26 Å². The maximum absolute atomic E-state index is 14.7. The van der Waals surface area contributed by atoms with Crippen LogP contribution in [0.2, 0.25) is 0 Å². The Labute approximate surface area is 194 Å². The fourth-order valence-electron chi connectivity index (χ4n) is 3.53. The molecule has 0 bridgehead atoms. The van der Waals surface area contributed by atoms with Gasteiger partial charge in [0.2, 0.25) is 5.75 Å². The summed E-state index contributed by atoms with van der Waals surface area (Å²) in [5, 5.41) is 11.5. The predicted octanol–water partition coefficient (Wildman–Crippen LogP) is 5.59. The highest BCUT2D eigenvalue weighted by Crippen LogP contribution is 2.61. The molecule has 3 aromatic rings. The SMILES string of the molecule is O=[N+]([O-])c1ccc(COP(=O)(N2CC2)N2CC2)cc1Oc1ccc(-c2ccc(F)cc2)c(F)c1. The second-order valence-corrected chi connectivity index (χ2v) is 10.4. The highest BCUT2D eigenvalue weighted by Gasteiger charge is 2.49. The zero-order valence-electron chi connectivity index (χ0n) is 17.9. The summed E-state index contributed by atoms with van der Waals surface area (Å²) >= 11 is 0. The Bertz CT molecular complexity index is 1280. The number of rotatable bonds is 9. The smallest absolute Gasteiger partial charge is 0.346 e. The lowest BCUT2D eigenvalue weighted by atomic mass is 10.0. The van der Waals surface area contributed by atoms with Gasteiger partial charge >= 0.3 is 13.4 Å². The molecular weight excluding hydrogens is 467 g/mol. The highest BCUT2D eigenvalue weighted by molar-refractivity contribution is 7.54. The van der Waals surface area contributed by atoms with E-state index in [-0.39, 0.29) is 29.4 Å². The van der Waals surface area contributed by atoms with E-state index >= 15 is 0 Å². The molecule has 34 heavy (non-hydrogen) atoms. The minimum Gasteiger partial charge on any atom is -0.450 e. The Morgan fingerprint density at radius 1 is 0.941 bits per heavy atom. The van der Waals surface area contributed by atoms with E-state index in [0.29, 0.717) is 37.3 Å². The zero-order valence-corrected chi connectivity index (χ0v) is 18.8. The molecule has 2 fully saturated rings. The van der Waals surface area contributed by atoms with Gasteiger partial charge in [-0.25, -0.2) is 18.1 Å². The van der Waals surface area contributed by atoms with Crippen LogP contribution >= 0.6 is 7.67 Å². The molecule has 2 aliphatic rings. The van der Waals surface area contributed by atoms with Crippen molar-refractivity contribution in [1.82, 2.24) is 9.34 Å². The van der Waals surface area contributed by atoms with E-state index < -0.39 is 24.2 Å². The molecule has 0 spiro atoms. The molecule has 2 aliphatic heterocycles. The van der Waals surface area contributed by atoms with Crippen molar-refractivity contribution in [2.75, 3.05) is 26.2 Å². The molecule has 0 N–H and O–H groups in total. The molecule has 3 aromatic carbocycles. The number of hydrogen-bond donors (Lipinski definition) is 0. The van der Waals surface area contributed by atoms with E-state index in [2.05, 4.69) is 0 Å². The topological polar surface area (TPSA) is 84.7 Å². The maximum atomic E-state index is 14.7. The van der Waals surface area contributed by atoms with Gasteiger partial charge in [-0.2, -0.15) is 0 Å². The lowest BCUT2D eigenvalue weighted by Gasteiger charge is -2.19. The van der Waals surface area contributed by atoms with E-state index in [1.54, 1.807) is 9.34 Å². The van der Waals surface area contributed by atoms with Crippen LogP contribution in [0.1, 0.15) is 5.56 Å². The van der Waals surface area contributed by atoms with Gasteiger partial charge in [0.1, 0.15) is 17.4 Å². The van der Waals surface area contributed by atoms with E-state index in [1.807, 2.05) is 0 Å². The molecule has 0 aliphatic carbocycles. The van der Waals surface area contributed by atoms with Gasteiger partial charge in [0.05, 0.1) is 11.5 Å². The third kappa shape index (κ3) is 4.71. The number of nitro benzene ring substituents is 1.